The quantitative estimate of drug-likeness (QED) is 0.510. The SMILES string of the molecule is O=C(COc1ccccc1Cl)Nc1ccc(NC(=O)COc2ccccc2Cl)cc1. The fourth-order valence-electron chi connectivity index (χ4n) is 2.44. The second-order valence-corrected chi connectivity index (χ2v) is 6.93. The van der Waals surface area contributed by atoms with Crippen LogP contribution in [-0.2, 0) is 9.59 Å². The molecule has 154 valence electrons. The van der Waals surface area contributed by atoms with E-state index in [1.807, 2.05) is 0 Å². The number of rotatable bonds is 8. The predicted molar refractivity (Wildman–Crippen MR) is 118 cm³/mol. The number of para-hydroxylation sites is 2. The maximum atomic E-state index is 12.0. The molecular weight excluding hydrogens is 427 g/mol. The molecule has 0 aliphatic rings. The molecule has 2 amide bonds. The molecule has 6 nitrogen and oxygen atoms in total. The van der Waals surface area contributed by atoms with E-state index in [9.17, 15) is 9.59 Å². The van der Waals surface area contributed by atoms with Gasteiger partial charge in [-0.1, -0.05) is 47.5 Å². The number of hydrogen-bond donors (Lipinski definition) is 2. The summed E-state index contributed by atoms with van der Waals surface area (Å²) in [4.78, 5) is 24.1. The van der Waals surface area contributed by atoms with Crippen molar-refractivity contribution in [1.29, 1.82) is 0 Å². The first kappa shape index (κ1) is 21.5. The average Bonchev–Trinajstić information content (AvgIpc) is 2.74. The molecule has 0 bridgehead atoms. The number of nitrogens with one attached hydrogen (secondary N) is 2. The number of anilines is 2. The lowest BCUT2D eigenvalue weighted by atomic mass is 10.2. The number of benzene rings is 3. The first-order valence-corrected chi connectivity index (χ1v) is 9.71. The Labute approximate surface area is 183 Å². The molecule has 0 atom stereocenters. The van der Waals surface area contributed by atoms with Crippen LogP contribution in [0.3, 0.4) is 0 Å². The molecule has 0 radical (unpaired) electrons. The highest BCUT2D eigenvalue weighted by Gasteiger charge is 2.08. The first-order valence-electron chi connectivity index (χ1n) is 8.95. The minimum Gasteiger partial charge on any atom is -0.482 e. The topological polar surface area (TPSA) is 76.7 Å². The van der Waals surface area contributed by atoms with Crippen molar-refractivity contribution in [3.63, 3.8) is 0 Å². The van der Waals surface area contributed by atoms with Crippen molar-refractivity contribution in [2.45, 2.75) is 0 Å². The molecule has 0 saturated heterocycles. The average molecular weight is 445 g/mol. The molecule has 0 saturated carbocycles. The lowest BCUT2D eigenvalue weighted by molar-refractivity contribution is -0.118. The van der Waals surface area contributed by atoms with Crippen LogP contribution in [0.5, 0.6) is 11.5 Å². The van der Waals surface area contributed by atoms with Crippen molar-refractivity contribution < 1.29 is 19.1 Å². The van der Waals surface area contributed by atoms with E-state index in [-0.39, 0.29) is 25.0 Å². The standard InChI is InChI=1S/C22H18Cl2N2O4/c23-17-5-1-3-7-19(17)29-13-21(27)25-15-9-11-16(12-10-15)26-22(28)14-30-20-8-4-2-6-18(20)24/h1-12H,13-14H2,(H,25,27)(H,26,28). The Morgan fingerprint density at radius 1 is 0.633 bits per heavy atom. The second-order valence-electron chi connectivity index (χ2n) is 6.11. The van der Waals surface area contributed by atoms with Gasteiger partial charge in [0.1, 0.15) is 11.5 Å². The molecule has 0 aliphatic carbocycles. The van der Waals surface area contributed by atoms with Crippen molar-refractivity contribution >= 4 is 46.4 Å². The van der Waals surface area contributed by atoms with Crippen molar-refractivity contribution in [3.05, 3.63) is 82.8 Å². The number of hydrogen-bond acceptors (Lipinski definition) is 4. The van der Waals surface area contributed by atoms with Crippen molar-refractivity contribution in [2.75, 3.05) is 23.8 Å². The Morgan fingerprint density at radius 3 is 1.37 bits per heavy atom. The molecular formula is C22H18Cl2N2O4. The van der Waals surface area contributed by atoms with E-state index in [0.29, 0.717) is 32.9 Å². The van der Waals surface area contributed by atoms with Gasteiger partial charge in [0.15, 0.2) is 13.2 Å². The van der Waals surface area contributed by atoms with Crippen LogP contribution in [0, 0.1) is 0 Å². The second kappa shape index (κ2) is 10.5. The van der Waals surface area contributed by atoms with Gasteiger partial charge in [0.05, 0.1) is 10.0 Å². The summed E-state index contributed by atoms with van der Waals surface area (Å²) in [7, 11) is 0. The molecule has 3 aromatic carbocycles. The maximum Gasteiger partial charge on any atom is 0.262 e. The number of ether oxygens (including phenoxy) is 2. The summed E-state index contributed by atoms with van der Waals surface area (Å²) in [5.74, 6) is 0.206. The van der Waals surface area contributed by atoms with E-state index in [0.717, 1.165) is 0 Å². The summed E-state index contributed by atoms with van der Waals surface area (Å²) in [6, 6.07) is 20.5. The van der Waals surface area contributed by atoms with E-state index in [1.54, 1.807) is 72.8 Å². The van der Waals surface area contributed by atoms with Gasteiger partial charge < -0.3 is 20.1 Å². The van der Waals surface area contributed by atoms with E-state index in [1.165, 1.54) is 0 Å². The normalized spacial score (nSPS) is 10.2. The lowest BCUT2D eigenvalue weighted by Gasteiger charge is -2.10. The minimum absolute atomic E-state index is 0.179. The Kier molecular flexibility index (Phi) is 7.54. The van der Waals surface area contributed by atoms with Gasteiger partial charge in [0, 0.05) is 11.4 Å². The summed E-state index contributed by atoms with van der Waals surface area (Å²) in [5, 5.41) is 6.28. The molecule has 0 spiro atoms. The number of carbonyl (C=O) groups excluding carboxylic acids is 2. The van der Waals surface area contributed by atoms with Gasteiger partial charge in [0.25, 0.3) is 11.8 Å². The van der Waals surface area contributed by atoms with Crippen LogP contribution in [0.15, 0.2) is 72.8 Å². The van der Waals surface area contributed by atoms with E-state index in [2.05, 4.69) is 10.6 Å². The third kappa shape index (κ3) is 6.40. The molecule has 3 aromatic rings. The Bertz CT molecular complexity index is 943. The Hall–Kier alpha value is -3.22. The lowest BCUT2D eigenvalue weighted by Crippen LogP contribution is -2.21. The van der Waals surface area contributed by atoms with Crippen molar-refractivity contribution in [2.24, 2.45) is 0 Å². The third-order valence-electron chi connectivity index (χ3n) is 3.84. The molecule has 30 heavy (non-hydrogen) atoms. The predicted octanol–water partition coefficient (Wildman–Crippen LogP) is 5.03. The highest BCUT2D eigenvalue weighted by atomic mass is 35.5. The zero-order valence-electron chi connectivity index (χ0n) is 15.7. The zero-order chi connectivity index (χ0) is 21.3. The fourth-order valence-corrected chi connectivity index (χ4v) is 2.82. The Balaban J connectivity index is 1.45. The van der Waals surface area contributed by atoms with E-state index < -0.39 is 0 Å². The van der Waals surface area contributed by atoms with Crippen LogP contribution in [0.4, 0.5) is 11.4 Å². The summed E-state index contributed by atoms with van der Waals surface area (Å²) in [5.41, 5.74) is 1.13. The van der Waals surface area contributed by atoms with Crippen LogP contribution in [0.2, 0.25) is 10.0 Å². The van der Waals surface area contributed by atoms with Crippen molar-refractivity contribution in [1.82, 2.24) is 0 Å². The molecule has 2 N–H and O–H groups in total. The molecule has 0 heterocycles. The Morgan fingerprint density at radius 2 is 1.00 bits per heavy atom. The summed E-state index contributed by atoms with van der Waals surface area (Å²) in [6.45, 7) is -0.358. The first-order chi connectivity index (χ1) is 14.5. The van der Waals surface area contributed by atoms with Crippen molar-refractivity contribution in [3.8, 4) is 11.5 Å². The van der Waals surface area contributed by atoms with Crippen LogP contribution in [0.1, 0.15) is 0 Å². The molecule has 0 aromatic heterocycles. The number of carbonyl (C=O) groups is 2. The third-order valence-corrected chi connectivity index (χ3v) is 4.47. The van der Waals surface area contributed by atoms with Gasteiger partial charge in [-0.25, -0.2) is 0 Å². The van der Waals surface area contributed by atoms with E-state index in [4.69, 9.17) is 32.7 Å². The number of amides is 2. The summed E-state index contributed by atoms with van der Waals surface area (Å²) >= 11 is 12.0. The summed E-state index contributed by atoms with van der Waals surface area (Å²) < 4.78 is 10.8. The van der Waals surface area contributed by atoms with Crippen LogP contribution in [0.25, 0.3) is 0 Å². The largest absolute Gasteiger partial charge is 0.482 e. The molecule has 3 rings (SSSR count). The van der Waals surface area contributed by atoms with Gasteiger partial charge in [-0.15, -0.1) is 0 Å². The van der Waals surface area contributed by atoms with Gasteiger partial charge in [-0.3, -0.25) is 9.59 Å². The molecule has 0 fully saturated rings. The van der Waals surface area contributed by atoms with Crippen LogP contribution in [-0.4, -0.2) is 25.0 Å². The summed E-state index contributed by atoms with van der Waals surface area (Å²) in [6.07, 6.45) is 0. The molecule has 8 heteroatoms. The molecule has 0 unspecified atom stereocenters. The minimum atomic E-state index is -0.333. The molecule has 0 aliphatic heterocycles. The highest BCUT2D eigenvalue weighted by Crippen LogP contribution is 2.24. The van der Waals surface area contributed by atoms with Crippen LogP contribution < -0.4 is 20.1 Å². The van der Waals surface area contributed by atoms with Gasteiger partial charge in [-0.2, -0.15) is 0 Å². The van der Waals surface area contributed by atoms with Gasteiger partial charge in [-0.05, 0) is 48.5 Å². The highest BCUT2D eigenvalue weighted by molar-refractivity contribution is 6.32. The maximum absolute atomic E-state index is 12.0. The van der Waals surface area contributed by atoms with Crippen LogP contribution >= 0.6 is 23.2 Å². The smallest absolute Gasteiger partial charge is 0.262 e. The van der Waals surface area contributed by atoms with Gasteiger partial charge in [0.2, 0.25) is 0 Å². The monoisotopic (exact) mass is 444 g/mol. The fraction of sp³-hybridized carbons (Fsp3) is 0.0909. The van der Waals surface area contributed by atoms with Gasteiger partial charge >= 0.3 is 0 Å². The van der Waals surface area contributed by atoms with E-state index >= 15 is 0 Å². The zero-order valence-corrected chi connectivity index (χ0v) is 17.2. The number of halogens is 2.